The van der Waals surface area contributed by atoms with Crippen molar-refractivity contribution in [2.45, 2.75) is 19.9 Å². The van der Waals surface area contributed by atoms with Gasteiger partial charge in [-0.3, -0.25) is 24.6 Å². The van der Waals surface area contributed by atoms with Crippen LogP contribution in [0.1, 0.15) is 28.3 Å². The number of aryl methyl sites for hydroxylation is 2. The predicted molar refractivity (Wildman–Crippen MR) is 120 cm³/mol. The summed E-state index contributed by atoms with van der Waals surface area (Å²) in [6.07, 6.45) is 0. The Labute approximate surface area is 184 Å². The van der Waals surface area contributed by atoms with Gasteiger partial charge in [0.25, 0.3) is 17.4 Å². The standard InChI is InChI=1S/C25H20N2O5/c1-15-11-12-16(2)20(13-15)26-22(17-7-4-3-5-8-17)21(24(29)25(26)30)23(28)18-9-6-10-19(14-18)27(31)32/h3-14,22,28H,1-2H3/b23-21-. The Morgan fingerprint density at radius 2 is 1.69 bits per heavy atom. The molecule has 0 saturated carbocycles. The van der Waals surface area contributed by atoms with Crippen molar-refractivity contribution in [3.8, 4) is 0 Å². The fourth-order valence-corrected chi connectivity index (χ4v) is 3.93. The summed E-state index contributed by atoms with van der Waals surface area (Å²) in [6.45, 7) is 3.73. The molecule has 0 radical (unpaired) electrons. The number of hydrogen-bond acceptors (Lipinski definition) is 5. The molecule has 1 heterocycles. The molecule has 0 spiro atoms. The highest BCUT2D eigenvalue weighted by Crippen LogP contribution is 2.43. The van der Waals surface area contributed by atoms with Crippen LogP contribution in [0, 0.1) is 24.0 Å². The predicted octanol–water partition coefficient (Wildman–Crippen LogP) is 4.84. The van der Waals surface area contributed by atoms with Crippen molar-refractivity contribution in [3.63, 3.8) is 0 Å². The van der Waals surface area contributed by atoms with Crippen LogP contribution in [-0.2, 0) is 9.59 Å². The van der Waals surface area contributed by atoms with Gasteiger partial charge in [-0.1, -0.05) is 54.6 Å². The van der Waals surface area contributed by atoms with Crippen molar-refractivity contribution in [2.75, 3.05) is 4.90 Å². The first-order chi connectivity index (χ1) is 15.3. The van der Waals surface area contributed by atoms with E-state index in [0.717, 1.165) is 11.1 Å². The van der Waals surface area contributed by atoms with E-state index in [2.05, 4.69) is 0 Å². The van der Waals surface area contributed by atoms with E-state index >= 15 is 0 Å². The molecule has 1 aliphatic heterocycles. The van der Waals surface area contributed by atoms with Crippen molar-refractivity contribution in [1.29, 1.82) is 0 Å². The molecule has 1 unspecified atom stereocenters. The normalized spacial score (nSPS) is 17.6. The Kier molecular flexibility index (Phi) is 5.32. The third-order valence-corrected chi connectivity index (χ3v) is 5.51. The maximum Gasteiger partial charge on any atom is 0.300 e. The van der Waals surface area contributed by atoms with Crippen molar-refractivity contribution < 1.29 is 19.6 Å². The van der Waals surface area contributed by atoms with E-state index in [1.807, 2.05) is 38.1 Å². The highest BCUT2D eigenvalue weighted by molar-refractivity contribution is 6.51. The van der Waals surface area contributed by atoms with Crippen LogP contribution in [0.15, 0.2) is 78.4 Å². The molecule has 3 aromatic carbocycles. The molecule has 1 saturated heterocycles. The lowest BCUT2D eigenvalue weighted by Crippen LogP contribution is -2.30. The van der Waals surface area contributed by atoms with Crippen LogP contribution in [-0.4, -0.2) is 21.7 Å². The third kappa shape index (κ3) is 3.54. The van der Waals surface area contributed by atoms with E-state index in [-0.39, 0.29) is 16.8 Å². The monoisotopic (exact) mass is 428 g/mol. The number of carbonyl (C=O) groups is 2. The van der Waals surface area contributed by atoms with E-state index in [1.165, 1.54) is 29.2 Å². The fourth-order valence-electron chi connectivity index (χ4n) is 3.93. The number of hydrogen-bond donors (Lipinski definition) is 1. The quantitative estimate of drug-likeness (QED) is 0.211. The van der Waals surface area contributed by atoms with Crippen LogP contribution in [0.5, 0.6) is 0 Å². The van der Waals surface area contributed by atoms with Gasteiger partial charge in [0.2, 0.25) is 0 Å². The maximum atomic E-state index is 13.2. The second kappa shape index (κ2) is 8.11. The van der Waals surface area contributed by atoms with Gasteiger partial charge in [-0.25, -0.2) is 0 Å². The molecule has 0 aromatic heterocycles. The molecule has 1 N–H and O–H groups in total. The molecule has 4 rings (SSSR count). The SMILES string of the molecule is Cc1ccc(C)c(N2C(=O)C(=O)/C(=C(\O)c3cccc([N+](=O)[O-])c3)C2c2ccccc2)c1. The van der Waals surface area contributed by atoms with Crippen molar-refractivity contribution in [2.24, 2.45) is 0 Å². The van der Waals surface area contributed by atoms with Gasteiger partial charge in [-0.05, 0) is 36.6 Å². The van der Waals surface area contributed by atoms with Gasteiger partial charge in [-0.2, -0.15) is 0 Å². The van der Waals surface area contributed by atoms with E-state index in [1.54, 1.807) is 24.3 Å². The van der Waals surface area contributed by atoms with Gasteiger partial charge >= 0.3 is 0 Å². The number of benzene rings is 3. The molecule has 0 aliphatic carbocycles. The molecule has 1 amide bonds. The van der Waals surface area contributed by atoms with Crippen LogP contribution >= 0.6 is 0 Å². The fraction of sp³-hybridized carbons (Fsp3) is 0.120. The minimum absolute atomic E-state index is 0.0964. The average Bonchev–Trinajstić information content (AvgIpc) is 3.06. The zero-order valence-electron chi connectivity index (χ0n) is 17.5. The van der Waals surface area contributed by atoms with Gasteiger partial charge in [0, 0.05) is 23.4 Å². The topological polar surface area (TPSA) is 101 Å². The van der Waals surface area contributed by atoms with Gasteiger partial charge in [0.15, 0.2) is 0 Å². The molecule has 1 fully saturated rings. The van der Waals surface area contributed by atoms with E-state index in [4.69, 9.17) is 0 Å². The van der Waals surface area contributed by atoms with E-state index in [9.17, 15) is 24.8 Å². The third-order valence-electron chi connectivity index (χ3n) is 5.51. The van der Waals surface area contributed by atoms with E-state index < -0.39 is 28.4 Å². The molecule has 1 atom stereocenters. The number of aliphatic hydroxyl groups excluding tert-OH is 1. The summed E-state index contributed by atoms with van der Waals surface area (Å²) in [4.78, 5) is 38.3. The average molecular weight is 428 g/mol. The molecule has 160 valence electrons. The van der Waals surface area contributed by atoms with Gasteiger partial charge in [0.05, 0.1) is 16.5 Å². The number of nitro groups is 1. The number of anilines is 1. The second-order valence-electron chi connectivity index (χ2n) is 7.68. The summed E-state index contributed by atoms with van der Waals surface area (Å²) < 4.78 is 0. The Bertz CT molecular complexity index is 1280. The highest BCUT2D eigenvalue weighted by atomic mass is 16.6. The van der Waals surface area contributed by atoms with Crippen LogP contribution in [0.25, 0.3) is 5.76 Å². The minimum atomic E-state index is -0.879. The van der Waals surface area contributed by atoms with Crippen LogP contribution < -0.4 is 4.90 Å². The van der Waals surface area contributed by atoms with Crippen LogP contribution in [0.3, 0.4) is 0 Å². The molecule has 7 nitrogen and oxygen atoms in total. The lowest BCUT2D eigenvalue weighted by Gasteiger charge is -2.27. The first-order valence-corrected chi connectivity index (χ1v) is 9.97. The van der Waals surface area contributed by atoms with Crippen molar-refractivity contribution in [3.05, 3.63) is 111 Å². The number of ketones is 1. The zero-order valence-corrected chi connectivity index (χ0v) is 17.5. The summed E-state index contributed by atoms with van der Waals surface area (Å²) in [5, 5.41) is 22.3. The van der Waals surface area contributed by atoms with Gasteiger partial charge in [0.1, 0.15) is 5.76 Å². The summed E-state index contributed by atoms with van der Waals surface area (Å²) in [5.41, 5.74) is 2.68. The molecule has 1 aliphatic rings. The smallest absolute Gasteiger partial charge is 0.300 e. The summed E-state index contributed by atoms with van der Waals surface area (Å²) in [6, 6.07) is 19.0. The van der Waals surface area contributed by atoms with Crippen molar-refractivity contribution >= 4 is 28.8 Å². The van der Waals surface area contributed by atoms with Gasteiger partial charge < -0.3 is 5.11 Å². The number of Topliss-reactive ketones (excluding diaryl/α,β-unsaturated/α-hetero) is 1. The van der Waals surface area contributed by atoms with E-state index in [0.29, 0.717) is 11.3 Å². The first-order valence-electron chi connectivity index (χ1n) is 9.97. The highest BCUT2D eigenvalue weighted by Gasteiger charge is 2.47. The minimum Gasteiger partial charge on any atom is -0.507 e. The lowest BCUT2D eigenvalue weighted by atomic mass is 9.94. The number of nitrogens with zero attached hydrogens (tertiary/aromatic N) is 2. The summed E-state index contributed by atoms with van der Waals surface area (Å²) >= 11 is 0. The Morgan fingerprint density at radius 1 is 0.969 bits per heavy atom. The Morgan fingerprint density at radius 3 is 2.38 bits per heavy atom. The molecule has 3 aromatic rings. The van der Waals surface area contributed by atoms with Crippen molar-refractivity contribution in [1.82, 2.24) is 0 Å². The van der Waals surface area contributed by atoms with Crippen LogP contribution in [0.2, 0.25) is 0 Å². The molecular weight excluding hydrogens is 408 g/mol. The second-order valence-corrected chi connectivity index (χ2v) is 7.68. The molecular formula is C25H20N2O5. The first kappa shape index (κ1) is 21.0. The number of nitro benzene ring substituents is 1. The number of carbonyl (C=O) groups excluding carboxylic acids is 2. The number of rotatable bonds is 4. The largest absolute Gasteiger partial charge is 0.507 e. The lowest BCUT2D eigenvalue weighted by molar-refractivity contribution is -0.384. The maximum absolute atomic E-state index is 13.2. The Balaban J connectivity index is 1.97. The van der Waals surface area contributed by atoms with Crippen LogP contribution in [0.4, 0.5) is 11.4 Å². The summed E-state index contributed by atoms with van der Waals surface area (Å²) in [7, 11) is 0. The molecule has 7 heteroatoms. The molecule has 32 heavy (non-hydrogen) atoms. The molecule has 0 bridgehead atoms. The number of non-ortho nitro benzene ring substituents is 1. The zero-order chi connectivity index (χ0) is 23.0. The van der Waals surface area contributed by atoms with Gasteiger partial charge in [-0.15, -0.1) is 0 Å². The number of aliphatic hydroxyl groups is 1. The number of amides is 1. The Hall–Kier alpha value is -4.26. The summed E-state index contributed by atoms with van der Waals surface area (Å²) in [5.74, 6) is -2.06.